The van der Waals surface area contributed by atoms with Crippen molar-refractivity contribution in [1.82, 2.24) is 5.32 Å². The number of nitrogens with two attached hydrogens (primary N) is 1. The average molecular weight is 291 g/mol. The zero-order chi connectivity index (χ0) is 12.8. The third-order valence-electron chi connectivity index (χ3n) is 4.00. The van der Waals surface area contributed by atoms with Crippen molar-refractivity contribution in [2.45, 2.75) is 56.9 Å². The highest BCUT2D eigenvalue weighted by Crippen LogP contribution is 2.28. The van der Waals surface area contributed by atoms with Gasteiger partial charge in [-0.05, 0) is 38.0 Å². The molecule has 4 nitrogen and oxygen atoms in total. The number of nitrogens with one attached hydrogen (secondary N) is 1. The molecule has 1 amide bonds. The van der Waals surface area contributed by atoms with Crippen molar-refractivity contribution in [3.05, 3.63) is 0 Å². The van der Waals surface area contributed by atoms with E-state index in [1.54, 1.807) is 0 Å². The summed E-state index contributed by atoms with van der Waals surface area (Å²) in [6, 6.07) is 0. The third-order valence-corrected chi connectivity index (χ3v) is 4.00. The molecule has 2 aliphatic rings. The molecule has 5 heteroatoms. The topological polar surface area (TPSA) is 64.4 Å². The first-order chi connectivity index (χ1) is 8.71. The van der Waals surface area contributed by atoms with Crippen LogP contribution in [-0.2, 0) is 9.53 Å². The molecule has 0 unspecified atom stereocenters. The lowest BCUT2D eigenvalue weighted by Gasteiger charge is -2.31. The predicted molar refractivity (Wildman–Crippen MR) is 78.4 cm³/mol. The van der Waals surface area contributed by atoms with Gasteiger partial charge in [-0.3, -0.25) is 4.79 Å². The van der Waals surface area contributed by atoms with Gasteiger partial charge in [-0.1, -0.05) is 19.3 Å². The van der Waals surface area contributed by atoms with Crippen LogP contribution in [0.1, 0.15) is 51.4 Å². The number of carbonyl (C=O) groups is 1. The van der Waals surface area contributed by atoms with Gasteiger partial charge in [-0.2, -0.15) is 0 Å². The van der Waals surface area contributed by atoms with Crippen molar-refractivity contribution in [3.8, 4) is 0 Å². The lowest BCUT2D eigenvalue weighted by atomic mass is 9.82. The Balaban J connectivity index is 0.00000180. The maximum atomic E-state index is 12.0. The first kappa shape index (κ1) is 16.7. The van der Waals surface area contributed by atoms with Crippen LogP contribution in [0.3, 0.4) is 0 Å². The first-order valence-corrected chi connectivity index (χ1v) is 7.36. The summed E-state index contributed by atoms with van der Waals surface area (Å²) in [6.45, 7) is 2.32. The fraction of sp³-hybridized carbons (Fsp3) is 0.929. The van der Waals surface area contributed by atoms with Crippen molar-refractivity contribution in [3.63, 3.8) is 0 Å². The van der Waals surface area contributed by atoms with Gasteiger partial charge in [-0.15, -0.1) is 12.4 Å². The van der Waals surface area contributed by atoms with Crippen LogP contribution in [-0.4, -0.2) is 31.2 Å². The molecular weight excluding hydrogens is 264 g/mol. The number of hydrogen-bond acceptors (Lipinski definition) is 3. The van der Waals surface area contributed by atoms with Crippen LogP contribution < -0.4 is 11.1 Å². The molecule has 0 aromatic carbocycles. The van der Waals surface area contributed by atoms with E-state index in [2.05, 4.69) is 5.32 Å². The largest absolute Gasteiger partial charge is 0.381 e. The van der Waals surface area contributed by atoms with E-state index in [9.17, 15) is 4.79 Å². The Kier molecular flexibility index (Phi) is 7.11. The lowest BCUT2D eigenvalue weighted by molar-refractivity contribution is -0.127. The van der Waals surface area contributed by atoms with Gasteiger partial charge in [0.25, 0.3) is 0 Å². The summed E-state index contributed by atoms with van der Waals surface area (Å²) in [5.74, 6) is 0.846. The highest BCUT2D eigenvalue weighted by molar-refractivity contribution is 5.86. The van der Waals surface area contributed by atoms with E-state index in [-0.39, 0.29) is 18.3 Å². The summed E-state index contributed by atoms with van der Waals surface area (Å²) in [5.41, 5.74) is 5.54. The van der Waals surface area contributed by atoms with E-state index in [4.69, 9.17) is 10.5 Å². The molecule has 0 saturated heterocycles. The molecule has 2 aliphatic carbocycles. The van der Waals surface area contributed by atoms with Gasteiger partial charge in [-0.25, -0.2) is 0 Å². The van der Waals surface area contributed by atoms with Crippen LogP contribution in [0.5, 0.6) is 0 Å². The number of ether oxygens (including phenoxy) is 1. The summed E-state index contributed by atoms with van der Waals surface area (Å²) in [4.78, 5) is 12.0. The van der Waals surface area contributed by atoms with Crippen LogP contribution in [0.4, 0.5) is 0 Å². The van der Waals surface area contributed by atoms with Crippen molar-refractivity contribution < 1.29 is 9.53 Å². The van der Waals surface area contributed by atoms with Gasteiger partial charge in [0, 0.05) is 19.8 Å². The summed E-state index contributed by atoms with van der Waals surface area (Å²) < 4.78 is 5.53. The van der Waals surface area contributed by atoms with E-state index in [1.165, 1.54) is 19.3 Å². The van der Waals surface area contributed by atoms with E-state index in [1.807, 2.05) is 0 Å². The van der Waals surface area contributed by atoms with Crippen LogP contribution in [0.2, 0.25) is 0 Å². The standard InChI is InChI=1S/C14H26N2O2.ClH/c15-14(7-2-1-3-8-14)13(17)16-9-4-10-18-11-12-5-6-12;/h12H,1-11,15H2,(H,16,17);1H. The second kappa shape index (κ2) is 8.08. The minimum atomic E-state index is -0.604. The normalized spacial score (nSPS) is 21.5. The Morgan fingerprint density at radius 2 is 1.95 bits per heavy atom. The van der Waals surface area contributed by atoms with E-state index in [0.29, 0.717) is 6.54 Å². The van der Waals surface area contributed by atoms with E-state index in [0.717, 1.165) is 51.2 Å². The van der Waals surface area contributed by atoms with Crippen LogP contribution in [0, 0.1) is 5.92 Å². The van der Waals surface area contributed by atoms with Gasteiger partial charge in [0.2, 0.25) is 5.91 Å². The minimum Gasteiger partial charge on any atom is -0.381 e. The van der Waals surface area contributed by atoms with Crippen LogP contribution in [0.15, 0.2) is 0 Å². The van der Waals surface area contributed by atoms with Gasteiger partial charge in [0.05, 0.1) is 5.54 Å². The number of hydrogen-bond donors (Lipinski definition) is 2. The molecule has 0 heterocycles. The Bertz CT molecular complexity index is 277. The fourth-order valence-electron chi connectivity index (χ4n) is 2.50. The second-order valence-electron chi connectivity index (χ2n) is 5.84. The van der Waals surface area contributed by atoms with Crippen LogP contribution in [0.25, 0.3) is 0 Å². The summed E-state index contributed by atoms with van der Waals surface area (Å²) in [6.07, 6.45) is 8.56. The molecule has 0 aromatic rings. The SMILES string of the molecule is Cl.NC1(C(=O)NCCCOCC2CC2)CCCCC1. The predicted octanol–water partition coefficient (Wildman–Crippen LogP) is 2.00. The van der Waals surface area contributed by atoms with Crippen LogP contribution >= 0.6 is 12.4 Å². The molecule has 112 valence electrons. The maximum Gasteiger partial charge on any atom is 0.240 e. The molecule has 0 spiro atoms. The zero-order valence-corrected chi connectivity index (χ0v) is 12.5. The van der Waals surface area contributed by atoms with Crippen molar-refractivity contribution in [2.24, 2.45) is 11.7 Å². The van der Waals surface area contributed by atoms with Crippen molar-refractivity contribution in [1.29, 1.82) is 0 Å². The van der Waals surface area contributed by atoms with E-state index < -0.39 is 5.54 Å². The summed E-state index contributed by atoms with van der Waals surface area (Å²) in [7, 11) is 0. The smallest absolute Gasteiger partial charge is 0.240 e. The molecule has 2 saturated carbocycles. The van der Waals surface area contributed by atoms with E-state index >= 15 is 0 Å². The number of rotatable bonds is 7. The van der Waals surface area contributed by atoms with Gasteiger partial charge in [0.15, 0.2) is 0 Å². The molecule has 2 fully saturated rings. The zero-order valence-electron chi connectivity index (χ0n) is 11.7. The van der Waals surface area contributed by atoms with Gasteiger partial charge in [0.1, 0.15) is 0 Å². The van der Waals surface area contributed by atoms with Crippen molar-refractivity contribution >= 4 is 18.3 Å². The molecule has 0 radical (unpaired) electrons. The quantitative estimate of drug-likeness (QED) is 0.705. The monoisotopic (exact) mass is 290 g/mol. The second-order valence-corrected chi connectivity index (χ2v) is 5.84. The highest BCUT2D eigenvalue weighted by Gasteiger charge is 2.34. The lowest BCUT2D eigenvalue weighted by Crippen LogP contribution is -2.55. The molecule has 0 atom stereocenters. The molecule has 3 N–H and O–H groups in total. The first-order valence-electron chi connectivity index (χ1n) is 7.36. The summed E-state index contributed by atoms with van der Waals surface area (Å²) in [5, 5.41) is 2.95. The fourth-order valence-corrected chi connectivity index (χ4v) is 2.50. The summed E-state index contributed by atoms with van der Waals surface area (Å²) >= 11 is 0. The highest BCUT2D eigenvalue weighted by atomic mass is 35.5. The average Bonchev–Trinajstić information content (AvgIpc) is 3.18. The minimum absolute atomic E-state index is 0. The Hall–Kier alpha value is -0.320. The molecule has 19 heavy (non-hydrogen) atoms. The number of halogens is 1. The Morgan fingerprint density at radius 3 is 2.58 bits per heavy atom. The molecule has 0 bridgehead atoms. The number of amides is 1. The Morgan fingerprint density at radius 1 is 1.26 bits per heavy atom. The molecule has 0 aromatic heterocycles. The maximum absolute atomic E-state index is 12.0. The number of carbonyl (C=O) groups excluding carboxylic acids is 1. The van der Waals surface area contributed by atoms with Gasteiger partial charge < -0.3 is 15.8 Å². The molecule has 0 aliphatic heterocycles. The van der Waals surface area contributed by atoms with Crippen molar-refractivity contribution in [2.75, 3.05) is 19.8 Å². The van der Waals surface area contributed by atoms with Gasteiger partial charge >= 0.3 is 0 Å². The molecule has 2 rings (SSSR count). The third kappa shape index (κ3) is 5.67. The molecular formula is C14H27ClN2O2. The Labute approximate surface area is 122 Å².